The van der Waals surface area contributed by atoms with E-state index >= 15 is 0 Å². The Hall–Kier alpha value is -2.68. The summed E-state index contributed by atoms with van der Waals surface area (Å²) in [6.45, 7) is 1.32. The molecule has 0 aromatic heterocycles. The van der Waals surface area contributed by atoms with Crippen LogP contribution < -0.4 is 10.1 Å². The second kappa shape index (κ2) is 7.93. The zero-order valence-electron chi connectivity index (χ0n) is 13.8. The van der Waals surface area contributed by atoms with Crippen molar-refractivity contribution < 1.29 is 33.0 Å². The minimum Gasteiger partial charge on any atom is -0.491 e. The molecule has 0 spiro atoms. The first kappa shape index (κ1) is 18.7. The highest BCUT2D eigenvalue weighted by molar-refractivity contribution is 6.08. The monoisotopic (exact) mass is 356 g/mol. The van der Waals surface area contributed by atoms with Crippen LogP contribution in [0.1, 0.15) is 6.92 Å². The number of aliphatic hydroxyl groups excluding tert-OH is 1. The Bertz CT molecular complexity index is 721. The van der Waals surface area contributed by atoms with Gasteiger partial charge in [-0.15, -0.1) is 0 Å². The third-order valence-electron chi connectivity index (χ3n) is 3.56. The molecule has 136 valence electrons. The van der Waals surface area contributed by atoms with Gasteiger partial charge in [-0.2, -0.15) is 0 Å². The van der Waals surface area contributed by atoms with E-state index in [4.69, 9.17) is 9.84 Å². The second-order valence-electron chi connectivity index (χ2n) is 5.09. The normalized spacial score (nSPS) is 14.1. The molecule has 1 aliphatic heterocycles. The van der Waals surface area contributed by atoms with Crippen LogP contribution in [0.2, 0.25) is 0 Å². The molecule has 9 heteroatoms. The molecule has 0 saturated carbocycles. The number of esters is 1. The molecule has 7 nitrogen and oxygen atoms in total. The maximum Gasteiger partial charge on any atom is 0.337 e. The first-order valence-electron chi connectivity index (χ1n) is 7.54. The van der Waals surface area contributed by atoms with Gasteiger partial charge in [0.15, 0.2) is 11.6 Å². The number of halogens is 2. The van der Waals surface area contributed by atoms with E-state index in [9.17, 15) is 18.4 Å². The average Bonchev–Trinajstić information content (AvgIpc) is 2.90. The molecular formula is C16H18F2N2O5. The Morgan fingerprint density at radius 2 is 2.12 bits per heavy atom. The van der Waals surface area contributed by atoms with Gasteiger partial charge in [-0.3, -0.25) is 4.79 Å². The number of ether oxygens (including phenoxy) is 2. The topological polar surface area (TPSA) is 88.1 Å². The van der Waals surface area contributed by atoms with Crippen LogP contribution in [0.3, 0.4) is 0 Å². The highest BCUT2D eigenvalue weighted by atomic mass is 19.1. The van der Waals surface area contributed by atoms with Gasteiger partial charge < -0.3 is 24.8 Å². The summed E-state index contributed by atoms with van der Waals surface area (Å²) in [5, 5.41) is 11.4. The molecule has 0 saturated heterocycles. The highest BCUT2D eigenvalue weighted by Gasteiger charge is 2.35. The third-order valence-corrected chi connectivity index (χ3v) is 3.56. The summed E-state index contributed by atoms with van der Waals surface area (Å²) in [7, 11) is 1.13. The number of carbonyl (C=O) groups excluding carboxylic acids is 2. The van der Waals surface area contributed by atoms with Gasteiger partial charge in [-0.05, 0) is 19.1 Å². The molecule has 0 aliphatic carbocycles. The van der Waals surface area contributed by atoms with Crippen molar-refractivity contribution in [2.24, 2.45) is 0 Å². The van der Waals surface area contributed by atoms with Gasteiger partial charge in [0.25, 0.3) is 5.91 Å². The molecule has 0 bridgehead atoms. The van der Waals surface area contributed by atoms with Crippen molar-refractivity contribution in [3.05, 3.63) is 35.0 Å². The molecule has 1 aromatic rings. The van der Waals surface area contributed by atoms with E-state index in [-0.39, 0.29) is 43.3 Å². The van der Waals surface area contributed by atoms with Gasteiger partial charge in [0.2, 0.25) is 0 Å². The predicted molar refractivity (Wildman–Crippen MR) is 83.9 cm³/mol. The van der Waals surface area contributed by atoms with Crippen LogP contribution in [0, 0.1) is 11.6 Å². The molecule has 25 heavy (non-hydrogen) atoms. The Kier molecular flexibility index (Phi) is 5.92. The quantitative estimate of drug-likeness (QED) is 0.710. The van der Waals surface area contributed by atoms with E-state index < -0.39 is 29.2 Å². The molecule has 2 N–H and O–H groups in total. The van der Waals surface area contributed by atoms with Gasteiger partial charge in [0.1, 0.15) is 17.2 Å². The summed E-state index contributed by atoms with van der Waals surface area (Å²) in [4.78, 5) is 25.4. The Labute approximate surface area is 142 Å². The van der Waals surface area contributed by atoms with Crippen LogP contribution in [0.25, 0.3) is 0 Å². The largest absolute Gasteiger partial charge is 0.491 e. The molecule has 0 radical (unpaired) electrons. The molecule has 1 aliphatic rings. The minimum atomic E-state index is -1.02. The maximum atomic E-state index is 14.4. The number of hydrogen-bond acceptors (Lipinski definition) is 6. The van der Waals surface area contributed by atoms with E-state index in [1.165, 1.54) is 0 Å². The van der Waals surface area contributed by atoms with E-state index in [1.54, 1.807) is 6.92 Å². The lowest BCUT2D eigenvalue weighted by Gasteiger charge is -2.16. The fourth-order valence-corrected chi connectivity index (χ4v) is 2.39. The maximum absolute atomic E-state index is 14.4. The lowest BCUT2D eigenvalue weighted by atomic mass is 10.2. The van der Waals surface area contributed by atoms with Crippen molar-refractivity contribution in [1.29, 1.82) is 0 Å². The van der Waals surface area contributed by atoms with E-state index in [0.29, 0.717) is 0 Å². The van der Waals surface area contributed by atoms with Crippen LogP contribution in [0.5, 0.6) is 5.75 Å². The number of hydrogen-bond donors (Lipinski definition) is 2. The number of β-amino-alcohol motifs (C(OH)–C–C–N with tert-alkyl or cyclic N) is 1. The van der Waals surface area contributed by atoms with Crippen molar-refractivity contribution in [3.63, 3.8) is 0 Å². The van der Waals surface area contributed by atoms with Crippen LogP contribution in [0.15, 0.2) is 23.4 Å². The first-order valence-corrected chi connectivity index (χ1v) is 7.54. The zero-order valence-corrected chi connectivity index (χ0v) is 13.8. The van der Waals surface area contributed by atoms with Gasteiger partial charge in [-0.25, -0.2) is 13.6 Å². The van der Waals surface area contributed by atoms with Gasteiger partial charge in [0.05, 0.1) is 32.4 Å². The zero-order chi connectivity index (χ0) is 18.6. The van der Waals surface area contributed by atoms with Gasteiger partial charge >= 0.3 is 5.97 Å². The number of amides is 1. The molecule has 1 amide bonds. The first-order chi connectivity index (χ1) is 11.9. The van der Waals surface area contributed by atoms with Crippen LogP contribution in [-0.4, -0.2) is 55.3 Å². The summed E-state index contributed by atoms with van der Waals surface area (Å²) in [5.41, 5.74) is -0.991. The molecule has 0 fully saturated rings. The second-order valence-corrected chi connectivity index (χ2v) is 5.09. The molecule has 0 unspecified atom stereocenters. The number of nitrogens with zero attached hydrogens (tertiary/aromatic N) is 1. The summed E-state index contributed by atoms with van der Waals surface area (Å²) >= 11 is 0. The van der Waals surface area contributed by atoms with E-state index in [1.807, 2.05) is 0 Å². The third kappa shape index (κ3) is 3.71. The minimum absolute atomic E-state index is 0.0333. The summed E-state index contributed by atoms with van der Waals surface area (Å²) < 4.78 is 38.1. The average molecular weight is 356 g/mol. The number of methoxy groups -OCH3 is 1. The number of carbonyl (C=O) groups is 2. The van der Waals surface area contributed by atoms with Crippen molar-refractivity contribution in [2.45, 2.75) is 6.92 Å². The Morgan fingerprint density at radius 3 is 2.72 bits per heavy atom. The van der Waals surface area contributed by atoms with Gasteiger partial charge in [0, 0.05) is 6.54 Å². The fraction of sp³-hybridized carbons (Fsp3) is 0.375. The Morgan fingerprint density at radius 1 is 1.40 bits per heavy atom. The lowest BCUT2D eigenvalue weighted by molar-refractivity contribution is -0.136. The van der Waals surface area contributed by atoms with Crippen molar-refractivity contribution >= 4 is 17.6 Å². The predicted octanol–water partition coefficient (Wildman–Crippen LogP) is 1.04. The number of benzene rings is 1. The lowest BCUT2D eigenvalue weighted by Crippen LogP contribution is -2.31. The van der Waals surface area contributed by atoms with E-state index in [0.717, 1.165) is 24.1 Å². The highest BCUT2D eigenvalue weighted by Crippen LogP contribution is 2.31. The van der Waals surface area contributed by atoms with E-state index in [2.05, 4.69) is 10.1 Å². The molecule has 1 aromatic carbocycles. The Balaban J connectivity index is 2.43. The number of anilines is 1. The molecule has 1 heterocycles. The summed E-state index contributed by atoms with van der Waals surface area (Å²) in [6.07, 6.45) is 0. The SMILES string of the molecule is CCOc1ccc(F)c(NC2=C(C(=O)OC)CN(CCO)C2=O)c1F. The number of aliphatic hydroxyl groups is 1. The fourth-order valence-electron chi connectivity index (χ4n) is 2.39. The number of nitrogens with one attached hydrogen (secondary N) is 1. The molecule has 0 atom stereocenters. The summed E-state index contributed by atoms with van der Waals surface area (Å²) in [6, 6.07) is 2.11. The standard InChI is InChI=1S/C16H18F2N2O5/c1-3-25-11-5-4-10(17)14(12(11)18)19-13-9(16(23)24-2)8-20(6-7-21)15(13)22/h4-5,19,21H,3,6-8H2,1-2H3. The number of rotatable bonds is 7. The van der Waals surface area contributed by atoms with Crippen LogP contribution in [0.4, 0.5) is 14.5 Å². The van der Waals surface area contributed by atoms with Crippen LogP contribution in [-0.2, 0) is 14.3 Å². The molecular weight excluding hydrogens is 338 g/mol. The van der Waals surface area contributed by atoms with Crippen LogP contribution >= 0.6 is 0 Å². The van der Waals surface area contributed by atoms with Gasteiger partial charge in [-0.1, -0.05) is 0 Å². The summed E-state index contributed by atoms with van der Waals surface area (Å²) in [5.74, 6) is -3.64. The smallest absolute Gasteiger partial charge is 0.337 e. The van der Waals surface area contributed by atoms with Crippen molar-refractivity contribution in [3.8, 4) is 5.75 Å². The molecule has 2 rings (SSSR count). The van der Waals surface area contributed by atoms with Crippen molar-refractivity contribution in [2.75, 3.05) is 38.7 Å². The van der Waals surface area contributed by atoms with Crippen molar-refractivity contribution in [1.82, 2.24) is 4.90 Å².